The Hall–Kier alpha value is -1.19. The Kier molecular flexibility index (Phi) is 3.38. The molecule has 0 spiro atoms. The van der Waals surface area contributed by atoms with E-state index in [0.717, 1.165) is 30.8 Å². The Bertz CT molecular complexity index is 276. The molecule has 0 radical (unpaired) electrons. The van der Waals surface area contributed by atoms with Crippen molar-refractivity contribution in [3.05, 3.63) is 29.8 Å². The van der Waals surface area contributed by atoms with Crippen molar-refractivity contribution in [2.45, 2.75) is 19.5 Å². The third-order valence-electron chi connectivity index (χ3n) is 1.79. The number of benzene rings is 1. The maximum atomic E-state index is 12.2. The van der Waals surface area contributed by atoms with Crippen molar-refractivity contribution < 1.29 is 13.2 Å². The molecule has 78 valence electrons. The van der Waals surface area contributed by atoms with Crippen LogP contribution in [-0.2, 0) is 6.18 Å². The zero-order valence-corrected chi connectivity index (χ0v) is 7.86. The largest absolute Gasteiger partial charge is 0.416 e. The van der Waals surface area contributed by atoms with Gasteiger partial charge in [0.25, 0.3) is 0 Å². The molecule has 0 bridgehead atoms. The van der Waals surface area contributed by atoms with E-state index in [9.17, 15) is 13.2 Å². The average Bonchev–Trinajstić information content (AvgIpc) is 2.14. The summed E-state index contributed by atoms with van der Waals surface area (Å²) in [7, 11) is 0. The normalized spacial score (nSPS) is 11.4. The van der Waals surface area contributed by atoms with Gasteiger partial charge in [-0.25, -0.2) is 0 Å². The summed E-state index contributed by atoms with van der Waals surface area (Å²) in [5, 5.41) is 3.01. The molecule has 0 unspecified atom stereocenters. The molecule has 4 heteroatoms. The van der Waals surface area contributed by atoms with Crippen LogP contribution in [0.2, 0.25) is 0 Å². The molecule has 1 N–H and O–H groups in total. The van der Waals surface area contributed by atoms with E-state index < -0.39 is 11.7 Å². The van der Waals surface area contributed by atoms with Crippen molar-refractivity contribution in [2.75, 3.05) is 11.9 Å². The first-order valence-corrected chi connectivity index (χ1v) is 4.45. The Balaban J connectivity index is 2.69. The van der Waals surface area contributed by atoms with Gasteiger partial charge in [-0.2, -0.15) is 13.2 Å². The highest BCUT2D eigenvalue weighted by Crippen LogP contribution is 2.29. The van der Waals surface area contributed by atoms with Gasteiger partial charge in [0.15, 0.2) is 0 Å². The van der Waals surface area contributed by atoms with Crippen LogP contribution < -0.4 is 5.32 Å². The Morgan fingerprint density at radius 3 is 2.14 bits per heavy atom. The van der Waals surface area contributed by atoms with Crippen molar-refractivity contribution >= 4 is 5.69 Å². The van der Waals surface area contributed by atoms with E-state index in [1.165, 1.54) is 12.1 Å². The summed E-state index contributed by atoms with van der Waals surface area (Å²) in [4.78, 5) is 0. The van der Waals surface area contributed by atoms with Crippen LogP contribution in [0.4, 0.5) is 18.9 Å². The molecule has 0 aliphatic heterocycles. The Morgan fingerprint density at radius 2 is 1.71 bits per heavy atom. The number of anilines is 1. The second-order valence-electron chi connectivity index (χ2n) is 3.00. The first kappa shape index (κ1) is 10.9. The van der Waals surface area contributed by atoms with Crippen LogP contribution in [0, 0.1) is 0 Å². The number of halogens is 3. The highest BCUT2D eigenvalue weighted by atomic mass is 19.4. The molecule has 0 heterocycles. The molecule has 1 nitrogen and oxygen atoms in total. The van der Waals surface area contributed by atoms with E-state index in [0.29, 0.717) is 0 Å². The summed E-state index contributed by atoms with van der Waals surface area (Å²) in [6, 6.07) is 5.05. The van der Waals surface area contributed by atoms with Gasteiger partial charge in [-0.05, 0) is 30.7 Å². The van der Waals surface area contributed by atoms with Crippen molar-refractivity contribution in [3.8, 4) is 0 Å². The van der Waals surface area contributed by atoms with Crippen LogP contribution in [0.5, 0.6) is 0 Å². The summed E-state index contributed by atoms with van der Waals surface area (Å²) >= 11 is 0. The first-order chi connectivity index (χ1) is 6.54. The molecule has 0 saturated carbocycles. The van der Waals surface area contributed by atoms with Crippen LogP contribution in [0.3, 0.4) is 0 Å². The molecule has 0 aliphatic carbocycles. The molecule has 1 aromatic rings. The molecule has 0 saturated heterocycles. The van der Waals surface area contributed by atoms with Gasteiger partial charge in [-0.1, -0.05) is 6.92 Å². The van der Waals surface area contributed by atoms with Crippen molar-refractivity contribution in [2.24, 2.45) is 0 Å². The SMILES string of the molecule is CCCNc1ccc(C(F)(F)F)cc1. The molecule has 14 heavy (non-hydrogen) atoms. The van der Waals surface area contributed by atoms with Gasteiger partial charge < -0.3 is 5.32 Å². The number of hydrogen-bond acceptors (Lipinski definition) is 1. The fourth-order valence-corrected chi connectivity index (χ4v) is 1.05. The van der Waals surface area contributed by atoms with E-state index >= 15 is 0 Å². The highest BCUT2D eigenvalue weighted by Gasteiger charge is 2.29. The molecule has 0 fully saturated rings. The molecule has 0 atom stereocenters. The zero-order valence-electron chi connectivity index (χ0n) is 7.86. The van der Waals surface area contributed by atoms with Gasteiger partial charge in [0.1, 0.15) is 0 Å². The van der Waals surface area contributed by atoms with Crippen LogP contribution in [0.25, 0.3) is 0 Å². The second kappa shape index (κ2) is 4.35. The highest BCUT2D eigenvalue weighted by molar-refractivity contribution is 5.44. The second-order valence-corrected chi connectivity index (χ2v) is 3.00. The van der Waals surface area contributed by atoms with Crippen LogP contribution >= 0.6 is 0 Å². The number of alkyl halides is 3. The summed E-state index contributed by atoms with van der Waals surface area (Å²) in [6.45, 7) is 2.77. The van der Waals surface area contributed by atoms with Crippen LogP contribution in [0.1, 0.15) is 18.9 Å². The maximum absolute atomic E-state index is 12.2. The first-order valence-electron chi connectivity index (χ1n) is 4.45. The molecular weight excluding hydrogens is 191 g/mol. The van der Waals surface area contributed by atoms with Gasteiger partial charge in [0.2, 0.25) is 0 Å². The third kappa shape index (κ3) is 2.94. The van der Waals surface area contributed by atoms with E-state index in [4.69, 9.17) is 0 Å². The Morgan fingerprint density at radius 1 is 1.14 bits per heavy atom. The summed E-state index contributed by atoms with van der Waals surface area (Å²) in [5.41, 5.74) is 0.111. The van der Waals surface area contributed by atoms with Crippen LogP contribution in [-0.4, -0.2) is 6.54 Å². The lowest BCUT2D eigenvalue weighted by Crippen LogP contribution is -2.05. The molecular formula is C10H12F3N. The number of hydrogen-bond donors (Lipinski definition) is 1. The van der Waals surface area contributed by atoms with Crippen molar-refractivity contribution in [3.63, 3.8) is 0 Å². The van der Waals surface area contributed by atoms with Gasteiger partial charge in [0.05, 0.1) is 5.56 Å². The standard InChI is InChI=1S/C10H12F3N/c1-2-7-14-9-5-3-8(4-6-9)10(11,12)13/h3-6,14H,2,7H2,1H3. The van der Waals surface area contributed by atoms with E-state index in [1.807, 2.05) is 6.92 Å². The van der Waals surface area contributed by atoms with Gasteiger partial charge in [0, 0.05) is 12.2 Å². The molecule has 1 aromatic carbocycles. The lowest BCUT2D eigenvalue weighted by atomic mass is 10.2. The molecule has 0 aromatic heterocycles. The summed E-state index contributed by atoms with van der Waals surface area (Å²) in [6.07, 6.45) is -3.30. The van der Waals surface area contributed by atoms with Crippen LogP contribution in [0.15, 0.2) is 24.3 Å². The predicted molar refractivity (Wildman–Crippen MR) is 50.2 cm³/mol. The van der Waals surface area contributed by atoms with Gasteiger partial charge in [-0.3, -0.25) is 0 Å². The maximum Gasteiger partial charge on any atom is 0.416 e. The van der Waals surface area contributed by atoms with Crippen molar-refractivity contribution in [1.29, 1.82) is 0 Å². The average molecular weight is 203 g/mol. The minimum Gasteiger partial charge on any atom is -0.385 e. The smallest absolute Gasteiger partial charge is 0.385 e. The summed E-state index contributed by atoms with van der Waals surface area (Å²) in [5.74, 6) is 0. The zero-order chi connectivity index (χ0) is 10.6. The monoisotopic (exact) mass is 203 g/mol. The van der Waals surface area contributed by atoms with E-state index in [-0.39, 0.29) is 0 Å². The molecule has 0 amide bonds. The lowest BCUT2D eigenvalue weighted by Gasteiger charge is -2.08. The van der Waals surface area contributed by atoms with E-state index in [2.05, 4.69) is 5.32 Å². The minimum absolute atomic E-state index is 0.612. The predicted octanol–water partition coefficient (Wildman–Crippen LogP) is 3.53. The number of nitrogens with one attached hydrogen (secondary N) is 1. The minimum atomic E-state index is -4.25. The fourth-order valence-electron chi connectivity index (χ4n) is 1.05. The number of rotatable bonds is 3. The van der Waals surface area contributed by atoms with Crippen molar-refractivity contribution in [1.82, 2.24) is 0 Å². The van der Waals surface area contributed by atoms with Gasteiger partial charge >= 0.3 is 6.18 Å². The summed E-state index contributed by atoms with van der Waals surface area (Å²) < 4.78 is 36.5. The third-order valence-corrected chi connectivity index (χ3v) is 1.79. The van der Waals surface area contributed by atoms with Gasteiger partial charge in [-0.15, -0.1) is 0 Å². The Labute approximate surface area is 80.9 Å². The molecule has 0 aliphatic rings. The van der Waals surface area contributed by atoms with E-state index in [1.54, 1.807) is 0 Å². The quantitative estimate of drug-likeness (QED) is 0.792. The molecule has 1 rings (SSSR count). The fraction of sp³-hybridized carbons (Fsp3) is 0.400. The lowest BCUT2D eigenvalue weighted by molar-refractivity contribution is -0.137. The topological polar surface area (TPSA) is 12.0 Å².